The van der Waals surface area contributed by atoms with Crippen LogP contribution in [-0.2, 0) is 30.3 Å². The maximum Gasteiger partial charge on any atom is 0.408 e. The zero-order valence-corrected chi connectivity index (χ0v) is 22.3. The van der Waals surface area contributed by atoms with Crippen molar-refractivity contribution in [3.63, 3.8) is 0 Å². The third kappa shape index (κ3) is 10.2. The first kappa shape index (κ1) is 30.9. The van der Waals surface area contributed by atoms with Crippen molar-refractivity contribution < 1.29 is 33.8 Å². The summed E-state index contributed by atoms with van der Waals surface area (Å²) in [5.74, 6) is -1.56. The number of carbonyl (C=O) groups is 4. The van der Waals surface area contributed by atoms with Crippen LogP contribution >= 0.6 is 0 Å². The highest BCUT2D eigenvalue weighted by Crippen LogP contribution is 2.24. The number of nitrogens with one attached hydrogen (secondary N) is 2. The average Bonchev–Trinajstić information content (AvgIpc) is 2.81. The van der Waals surface area contributed by atoms with Gasteiger partial charge in [-0.25, -0.2) is 4.79 Å². The van der Waals surface area contributed by atoms with Crippen LogP contribution in [0.25, 0.3) is 0 Å². The van der Waals surface area contributed by atoms with E-state index in [0.29, 0.717) is 12.0 Å². The van der Waals surface area contributed by atoms with Crippen molar-refractivity contribution in [2.24, 2.45) is 0 Å². The van der Waals surface area contributed by atoms with Gasteiger partial charge in [0.05, 0.1) is 19.6 Å². The van der Waals surface area contributed by atoms with E-state index in [0.717, 1.165) is 12.0 Å². The first-order valence-corrected chi connectivity index (χ1v) is 12.4. The van der Waals surface area contributed by atoms with E-state index < -0.39 is 48.2 Å². The predicted molar refractivity (Wildman–Crippen MR) is 135 cm³/mol. The second-order valence-electron chi connectivity index (χ2n) is 9.26. The summed E-state index contributed by atoms with van der Waals surface area (Å²) in [6.07, 6.45) is 0.466. The fourth-order valence-corrected chi connectivity index (χ4v) is 3.47. The Morgan fingerprint density at radius 1 is 1.06 bits per heavy atom. The van der Waals surface area contributed by atoms with Crippen LogP contribution in [0.1, 0.15) is 71.6 Å². The fourth-order valence-electron chi connectivity index (χ4n) is 3.47. The summed E-state index contributed by atoms with van der Waals surface area (Å²) < 4.78 is 10.1. The molecule has 0 saturated heterocycles. The van der Waals surface area contributed by atoms with E-state index >= 15 is 0 Å². The Bertz CT molecular complexity index is 865. The van der Waals surface area contributed by atoms with Crippen molar-refractivity contribution in [2.45, 2.75) is 78.5 Å². The van der Waals surface area contributed by atoms with Crippen LogP contribution < -0.4 is 10.6 Å². The van der Waals surface area contributed by atoms with Crippen molar-refractivity contribution in [3.8, 4) is 0 Å². The Balaban J connectivity index is 3.25. The lowest BCUT2D eigenvalue weighted by Gasteiger charge is -2.34. The van der Waals surface area contributed by atoms with Crippen LogP contribution in [0, 0.1) is 0 Å². The van der Waals surface area contributed by atoms with Crippen LogP contribution in [0.2, 0.25) is 0 Å². The molecule has 10 nitrogen and oxygen atoms in total. The molecule has 36 heavy (non-hydrogen) atoms. The maximum absolute atomic E-state index is 13.5. The molecular formula is C26H41N3O7. The number of aryl methyl sites for hydroxylation is 1. The summed E-state index contributed by atoms with van der Waals surface area (Å²) in [7, 11) is 0. The van der Waals surface area contributed by atoms with Crippen molar-refractivity contribution in [1.29, 1.82) is 0 Å². The van der Waals surface area contributed by atoms with Gasteiger partial charge in [-0.2, -0.15) is 0 Å². The Labute approximate surface area is 213 Å². The molecule has 3 amide bonds. The zero-order chi connectivity index (χ0) is 27.3. The van der Waals surface area contributed by atoms with Gasteiger partial charge in [0.1, 0.15) is 17.7 Å². The first-order chi connectivity index (χ1) is 17.0. The molecule has 0 spiro atoms. The average molecular weight is 508 g/mol. The number of nitrogens with zero attached hydrogens (tertiary/aromatic N) is 1. The number of carbonyl (C=O) groups excluding carboxylic acids is 4. The lowest BCUT2D eigenvalue weighted by molar-refractivity contribution is -0.144. The fraction of sp³-hybridized carbons (Fsp3) is 0.615. The molecule has 1 aromatic rings. The molecule has 1 rings (SSSR count). The normalized spacial score (nSPS) is 12.8. The molecule has 0 aromatic heterocycles. The Kier molecular flexibility index (Phi) is 12.9. The SMILES string of the molecule is CCCN(C(=O)C(CO)NC(=O)OC(C)(C)C)C(C(=O)NCCC(=O)OCC)c1ccc(CC)cc1. The number of hydrogen-bond donors (Lipinski definition) is 3. The van der Waals surface area contributed by atoms with E-state index in [1.807, 2.05) is 26.0 Å². The van der Waals surface area contributed by atoms with Crippen molar-refractivity contribution in [1.82, 2.24) is 15.5 Å². The molecule has 0 aliphatic heterocycles. The van der Waals surface area contributed by atoms with Gasteiger partial charge >= 0.3 is 12.1 Å². The van der Waals surface area contributed by atoms with Crippen molar-refractivity contribution in [2.75, 3.05) is 26.3 Å². The molecule has 0 aliphatic carbocycles. The Hall–Kier alpha value is -3.14. The van der Waals surface area contributed by atoms with Gasteiger partial charge in [-0.3, -0.25) is 14.4 Å². The van der Waals surface area contributed by atoms with Gasteiger partial charge in [-0.1, -0.05) is 38.1 Å². The molecule has 0 saturated carbocycles. The number of aliphatic hydroxyl groups is 1. The van der Waals surface area contributed by atoms with Crippen LogP contribution in [-0.4, -0.2) is 71.8 Å². The molecule has 0 radical (unpaired) electrons. The summed E-state index contributed by atoms with van der Waals surface area (Å²) in [4.78, 5) is 52.2. The quantitative estimate of drug-likeness (QED) is 0.349. The van der Waals surface area contributed by atoms with Crippen LogP contribution in [0.3, 0.4) is 0 Å². The van der Waals surface area contributed by atoms with Crippen molar-refractivity contribution >= 4 is 23.9 Å². The van der Waals surface area contributed by atoms with Crippen LogP contribution in [0.5, 0.6) is 0 Å². The molecule has 0 heterocycles. The number of esters is 1. The number of hydrogen-bond acceptors (Lipinski definition) is 7. The third-order valence-corrected chi connectivity index (χ3v) is 5.12. The topological polar surface area (TPSA) is 134 Å². The van der Waals surface area contributed by atoms with E-state index in [1.165, 1.54) is 4.90 Å². The summed E-state index contributed by atoms with van der Waals surface area (Å²) in [5.41, 5.74) is 0.837. The Morgan fingerprint density at radius 2 is 1.69 bits per heavy atom. The molecule has 2 unspecified atom stereocenters. The molecule has 0 fully saturated rings. The minimum Gasteiger partial charge on any atom is -0.466 e. The van der Waals surface area contributed by atoms with E-state index in [1.54, 1.807) is 39.8 Å². The zero-order valence-electron chi connectivity index (χ0n) is 22.3. The van der Waals surface area contributed by atoms with E-state index in [2.05, 4.69) is 10.6 Å². The molecule has 1 aromatic carbocycles. The Morgan fingerprint density at radius 3 is 2.19 bits per heavy atom. The second kappa shape index (κ2) is 15.1. The van der Waals surface area contributed by atoms with E-state index in [9.17, 15) is 24.3 Å². The summed E-state index contributed by atoms with van der Waals surface area (Å²) >= 11 is 0. The molecule has 202 valence electrons. The number of aliphatic hydroxyl groups excluding tert-OH is 1. The minimum absolute atomic E-state index is 0.0116. The van der Waals surface area contributed by atoms with Gasteiger partial charge < -0.3 is 30.1 Å². The summed E-state index contributed by atoms with van der Waals surface area (Å²) in [6, 6.07) is 4.96. The number of ether oxygens (including phenoxy) is 2. The molecule has 0 bridgehead atoms. The second-order valence-corrected chi connectivity index (χ2v) is 9.26. The number of rotatable bonds is 13. The molecule has 2 atom stereocenters. The minimum atomic E-state index is -1.31. The molecular weight excluding hydrogens is 466 g/mol. The van der Waals surface area contributed by atoms with E-state index in [4.69, 9.17) is 9.47 Å². The summed E-state index contributed by atoms with van der Waals surface area (Å²) in [5, 5.41) is 15.0. The summed E-state index contributed by atoms with van der Waals surface area (Å²) in [6.45, 7) is 10.4. The highest BCUT2D eigenvalue weighted by Gasteiger charge is 2.35. The number of benzene rings is 1. The number of amides is 3. The maximum atomic E-state index is 13.5. The predicted octanol–water partition coefficient (Wildman–Crippen LogP) is 2.48. The lowest BCUT2D eigenvalue weighted by Crippen LogP contribution is -2.54. The van der Waals surface area contributed by atoms with Gasteiger partial charge in [0.15, 0.2) is 0 Å². The van der Waals surface area contributed by atoms with Crippen LogP contribution in [0.15, 0.2) is 24.3 Å². The number of alkyl carbamates (subject to hydrolysis) is 1. The van der Waals surface area contributed by atoms with Crippen LogP contribution in [0.4, 0.5) is 4.79 Å². The van der Waals surface area contributed by atoms with Gasteiger partial charge in [-0.05, 0) is 51.7 Å². The molecule has 3 N–H and O–H groups in total. The van der Waals surface area contributed by atoms with E-state index in [-0.39, 0.29) is 26.1 Å². The van der Waals surface area contributed by atoms with Gasteiger partial charge in [0, 0.05) is 13.1 Å². The van der Waals surface area contributed by atoms with Crippen molar-refractivity contribution in [3.05, 3.63) is 35.4 Å². The van der Waals surface area contributed by atoms with Gasteiger partial charge in [0.25, 0.3) is 0 Å². The largest absolute Gasteiger partial charge is 0.466 e. The molecule has 10 heteroatoms. The standard InChI is InChI=1S/C26H41N3O7/c1-7-16-29(24(33)20(17-30)28-25(34)36-26(4,5)6)22(19-12-10-18(8-2)11-13-19)23(32)27-15-14-21(31)35-9-3/h10-13,20,22,30H,7-9,14-17H2,1-6H3,(H,27,32)(H,28,34). The van der Waals surface area contributed by atoms with Gasteiger partial charge in [-0.15, -0.1) is 0 Å². The monoisotopic (exact) mass is 507 g/mol. The first-order valence-electron chi connectivity index (χ1n) is 12.4. The molecule has 0 aliphatic rings. The third-order valence-electron chi connectivity index (χ3n) is 5.12. The smallest absolute Gasteiger partial charge is 0.408 e. The lowest BCUT2D eigenvalue weighted by atomic mass is 10.0. The highest BCUT2D eigenvalue weighted by molar-refractivity contribution is 5.92. The van der Waals surface area contributed by atoms with Gasteiger partial charge in [0.2, 0.25) is 11.8 Å². The highest BCUT2D eigenvalue weighted by atomic mass is 16.6.